The number of nitrogens with zero attached hydrogens (tertiary/aromatic N) is 2. The molecule has 0 amide bonds. The van der Waals surface area contributed by atoms with Gasteiger partial charge in [-0.3, -0.25) is 0 Å². The number of esters is 1. The number of hydrogen-bond donors (Lipinski definition) is 0. The summed E-state index contributed by atoms with van der Waals surface area (Å²) in [5, 5.41) is 0. The minimum atomic E-state index is -0.415. The van der Waals surface area contributed by atoms with E-state index in [4.69, 9.17) is 14.2 Å². The summed E-state index contributed by atoms with van der Waals surface area (Å²) in [6.45, 7) is 0.835. The summed E-state index contributed by atoms with van der Waals surface area (Å²) in [7, 11) is 3.06. The minimum Gasteiger partial charge on any atom is -0.497 e. The number of imidazole rings is 1. The van der Waals surface area contributed by atoms with E-state index in [1.54, 1.807) is 30.7 Å². The Bertz CT molecular complexity index is 544. The van der Waals surface area contributed by atoms with E-state index < -0.39 is 5.97 Å². The Hall–Kier alpha value is -2.50. The lowest BCUT2D eigenvalue weighted by molar-refractivity contribution is 0.0490. The Labute approximate surface area is 116 Å². The highest BCUT2D eigenvalue weighted by atomic mass is 16.5. The van der Waals surface area contributed by atoms with Crippen LogP contribution in [0.5, 0.6) is 11.5 Å². The van der Waals surface area contributed by atoms with Gasteiger partial charge in [-0.25, -0.2) is 9.78 Å². The fourth-order valence-corrected chi connectivity index (χ4v) is 1.67. The van der Waals surface area contributed by atoms with Crippen LogP contribution in [-0.2, 0) is 11.3 Å². The standard InChI is InChI=1S/C14H16N2O4/c1-18-12-7-11(8-13(9-12)19-2)14(17)20-6-5-16-4-3-15-10-16/h3-4,7-10H,5-6H2,1-2H3. The van der Waals surface area contributed by atoms with E-state index in [-0.39, 0.29) is 6.61 Å². The zero-order valence-corrected chi connectivity index (χ0v) is 11.4. The van der Waals surface area contributed by atoms with Gasteiger partial charge in [0.05, 0.1) is 32.7 Å². The predicted octanol–water partition coefficient (Wildman–Crippen LogP) is 1.76. The number of aromatic nitrogens is 2. The van der Waals surface area contributed by atoms with Gasteiger partial charge in [0.1, 0.15) is 18.1 Å². The van der Waals surface area contributed by atoms with E-state index in [0.29, 0.717) is 23.6 Å². The van der Waals surface area contributed by atoms with Crippen molar-refractivity contribution in [2.75, 3.05) is 20.8 Å². The molecule has 2 aromatic rings. The first-order valence-corrected chi connectivity index (χ1v) is 6.09. The lowest BCUT2D eigenvalue weighted by Gasteiger charge is -2.09. The van der Waals surface area contributed by atoms with Gasteiger partial charge in [0, 0.05) is 18.5 Å². The Balaban J connectivity index is 1.97. The van der Waals surface area contributed by atoms with Crippen LogP contribution in [0.4, 0.5) is 0 Å². The van der Waals surface area contributed by atoms with Crippen LogP contribution >= 0.6 is 0 Å². The summed E-state index contributed by atoms with van der Waals surface area (Å²) >= 11 is 0. The summed E-state index contributed by atoms with van der Waals surface area (Å²) in [6.07, 6.45) is 5.15. The van der Waals surface area contributed by atoms with Crippen molar-refractivity contribution in [1.29, 1.82) is 0 Å². The second-order valence-corrected chi connectivity index (χ2v) is 4.04. The molecule has 2 rings (SSSR count). The van der Waals surface area contributed by atoms with Crippen LogP contribution in [0.15, 0.2) is 36.9 Å². The lowest BCUT2D eigenvalue weighted by atomic mass is 10.2. The Morgan fingerprint density at radius 2 is 1.90 bits per heavy atom. The van der Waals surface area contributed by atoms with Crippen molar-refractivity contribution in [1.82, 2.24) is 9.55 Å². The van der Waals surface area contributed by atoms with Gasteiger partial charge in [0.2, 0.25) is 0 Å². The average molecular weight is 276 g/mol. The Morgan fingerprint density at radius 3 is 2.45 bits per heavy atom. The maximum Gasteiger partial charge on any atom is 0.338 e. The summed E-state index contributed by atoms with van der Waals surface area (Å²) < 4.78 is 17.3. The van der Waals surface area contributed by atoms with Crippen LogP contribution in [-0.4, -0.2) is 36.3 Å². The van der Waals surface area contributed by atoms with Crippen LogP contribution in [0.3, 0.4) is 0 Å². The summed E-state index contributed by atoms with van der Waals surface area (Å²) in [5.74, 6) is 0.680. The molecule has 0 aliphatic heterocycles. The molecular formula is C14H16N2O4. The van der Waals surface area contributed by atoms with E-state index >= 15 is 0 Å². The third kappa shape index (κ3) is 3.50. The molecule has 6 nitrogen and oxygen atoms in total. The maximum atomic E-state index is 12.0. The largest absolute Gasteiger partial charge is 0.497 e. The topological polar surface area (TPSA) is 62.6 Å². The molecule has 0 fully saturated rings. The SMILES string of the molecule is COc1cc(OC)cc(C(=O)OCCn2ccnc2)c1. The molecule has 0 saturated carbocycles. The molecule has 0 atom stereocenters. The van der Waals surface area contributed by atoms with Crippen molar-refractivity contribution in [3.8, 4) is 11.5 Å². The van der Waals surface area contributed by atoms with Gasteiger partial charge in [-0.1, -0.05) is 0 Å². The molecule has 1 aromatic heterocycles. The lowest BCUT2D eigenvalue weighted by Crippen LogP contribution is -2.11. The van der Waals surface area contributed by atoms with Crippen molar-refractivity contribution < 1.29 is 19.0 Å². The van der Waals surface area contributed by atoms with E-state index in [1.807, 2.05) is 10.8 Å². The molecule has 0 saturated heterocycles. The Kier molecular flexibility index (Phi) is 4.60. The third-order valence-corrected chi connectivity index (χ3v) is 2.73. The van der Waals surface area contributed by atoms with Gasteiger partial charge in [-0.2, -0.15) is 0 Å². The highest BCUT2D eigenvalue weighted by Crippen LogP contribution is 2.22. The molecule has 0 radical (unpaired) electrons. The number of benzene rings is 1. The van der Waals surface area contributed by atoms with Gasteiger partial charge in [-0.15, -0.1) is 0 Å². The van der Waals surface area contributed by atoms with Crippen molar-refractivity contribution in [2.45, 2.75) is 6.54 Å². The van der Waals surface area contributed by atoms with Gasteiger partial charge < -0.3 is 18.8 Å². The number of hydrogen-bond acceptors (Lipinski definition) is 5. The van der Waals surface area contributed by atoms with E-state index in [2.05, 4.69) is 4.98 Å². The average Bonchev–Trinajstić information content (AvgIpc) is 2.99. The highest BCUT2D eigenvalue weighted by molar-refractivity contribution is 5.90. The van der Waals surface area contributed by atoms with Gasteiger partial charge in [0.25, 0.3) is 0 Å². The van der Waals surface area contributed by atoms with Crippen molar-refractivity contribution >= 4 is 5.97 Å². The fourth-order valence-electron chi connectivity index (χ4n) is 1.67. The first kappa shape index (κ1) is 13.9. The first-order chi connectivity index (χ1) is 9.72. The van der Waals surface area contributed by atoms with E-state index in [9.17, 15) is 4.79 Å². The second-order valence-electron chi connectivity index (χ2n) is 4.04. The van der Waals surface area contributed by atoms with Gasteiger partial charge in [0.15, 0.2) is 0 Å². The number of ether oxygens (including phenoxy) is 3. The van der Waals surface area contributed by atoms with E-state index in [1.165, 1.54) is 14.2 Å². The summed E-state index contributed by atoms with van der Waals surface area (Å²) in [6, 6.07) is 4.92. The molecule has 106 valence electrons. The quantitative estimate of drug-likeness (QED) is 0.752. The summed E-state index contributed by atoms with van der Waals surface area (Å²) in [5.41, 5.74) is 0.395. The molecule has 0 aliphatic rings. The maximum absolute atomic E-state index is 12.0. The van der Waals surface area contributed by atoms with Crippen LogP contribution in [0, 0.1) is 0 Å². The van der Waals surface area contributed by atoms with E-state index in [0.717, 1.165) is 0 Å². The number of carbonyl (C=O) groups excluding carboxylic acids is 1. The molecule has 6 heteroatoms. The van der Waals surface area contributed by atoms with Crippen LogP contribution in [0.25, 0.3) is 0 Å². The summed E-state index contributed by atoms with van der Waals surface area (Å²) in [4.78, 5) is 15.9. The highest BCUT2D eigenvalue weighted by Gasteiger charge is 2.11. The molecule has 0 aliphatic carbocycles. The minimum absolute atomic E-state index is 0.273. The van der Waals surface area contributed by atoms with Crippen LogP contribution in [0.2, 0.25) is 0 Å². The van der Waals surface area contributed by atoms with Crippen molar-refractivity contribution in [2.24, 2.45) is 0 Å². The zero-order chi connectivity index (χ0) is 14.4. The molecule has 1 heterocycles. The predicted molar refractivity (Wildman–Crippen MR) is 72.1 cm³/mol. The van der Waals surface area contributed by atoms with Crippen molar-refractivity contribution in [3.05, 3.63) is 42.5 Å². The first-order valence-electron chi connectivity index (χ1n) is 6.09. The molecule has 0 spiro atoms. The van der Waals surface area contributed by atoms with Gasteiger partial charge in [-0.05, 0) is 12.1 Å². The Morgan fingerprint density at radius 1 is 1.20 bits per heavy atom. The normalized spacial score (nSPS) is 10.1. The smallest absolute Gasteiger partial charge is 0.338 e. The monoisotopic (exact) mass is 276 g/mol. The fraction of sp³-hybridized carbons (Fsp3) is 0.286. The van der Waals surface area contributed by atoms with Crippen LogP contribution < -0.4 is 9.47 Å². The third-order valence-electron chi connectivity index (χ3n) is 2.73. The molecule has 20 heavy (non-hydrogen) atoms. The molecule has 0 bridgehead atoms. The van der Waals surface area contributed by atoms with Crippen molar-refractivity contribution in [3.63, 3.8) is 0 Å². The molecule has 0 unspecified atom stereocenters. The number of methoxy groups -OCH3 is 2. The molecule has 0 N–H and O–H groups in total. The second kappa shape index (κ2) is 6.60. The zero-order valence-electron chi connectivity index (χ0n) is 11.4. The number of rotatable bonds is 6. The molecular weight excluding hydrogens is 260 g/mol. The number of carbonyl (C=O) groups is 1. The van der Waals surface area contributed by atoms with Crippen LogP contribution in [0.1, 0.15) is 10.4 Å². The van der Waals surface area contributed by atoms with Gasteiger partial charge >= 0.3 is 5.97 Å². The molecule has 1 aromatic carbocycles.